The van der Waals surface area contributed by atoms with Crippen molar-refractivity contribution in [2.45, 2.75) is 291 Å². The Morgan fingerprint density at radius 2 is 0.569 bits per heavy atom. The van der Waals surface area contributed by atoms with E-state index in [4.69, 9.17) is 14.2 Å². The Labute approximate surface area is 361 Å². The zero-order valence-corrected chi connectivity index (χ0v) is 39.7. The molecule has 0 aliphatic rings. The second-order valence-electron chi connectivity index (χ2n) is 18.8. The number of carbonyl (C=O) groups is 3. The Morgan fingerprint density at radius 1 is 0.328 bits per heavy atom. The van der Waals surface area contributed by atoms with Gasteiger partial charge in [0.15, 0.2) is 6.10 Å². The van der Waals surface area contributed by atoms with E-state index in [1.807, 2.05) is 0 Å². The fourth-order valence-corrected chi connectivity index (χ4v) is 7.81. The molecule has 6 heteroatoms. The number of rotatable bonds is 46. The van der Waals surface area contributed by atoms with Crippen molar-refractivity contribution in [2.75, 3.05) is 13.2 Å². The van der Waals surface area contributed by atoms with Crippen molar-refractivity contribution in [1.82, 2.24) is 0 Å². The average Bonchev–Trinajstić information content (AvgIpc) is 3.19. The van der Waals surface area contributed by atoms with Crippen molar-refractivity contribution < 1.29 is 28.6 Å². The van der Waals surface area contributed by atoms with Crippen LogP contribution in [0.3, 0.4) is 0 Å². The third-order valence-electron chi connectivity index (χ3n) is 11.7. The summed E-state index contributed by atoms with van der Waals surface area (Å²) >= 11 is 0. The molecule has 0 N–H and O–H groups in total. The lowest BCUT2D eigenvalue weighted by Gasteiger charge is -2.18. The zero-order valence-electron chi connectivity index (χ0n) is 39.7. The molecule has 58 heavy (non-hydrogen) atoms. The molecule has 0 bridgehead atoms. The molecule has 0 amide bonds. The Hall–Kier alpha value is -1.59. The van der Waals surface area contributed by atoms with Crippen molar-refractivity contribution in [1.29, 1.82) is 0 Å². The van der Waals surface area contributed by atoms with Crippen molar-refractivity contribution in [3.05, 3.63) is 0 Å². The molecule has 0 saturated heterocycles. The highest BCUT2D eigenvalue weighted by Gasteiger charge is 2.19. The molecule has 0 aromatic heterocycles. The van der Waals surface area contributed by atoms with Gasteiger partial charge in [0.05, 0.1) is 0 Å². The third-order valence-corrected chi connectivity index (χ3v) is 11.7. The van der Waals surface area contributed by atoms with Gasteiger partial charge in [-0.2, -0.15) is 0 Å². The van der Waals surface area contributed by atoms with Crippen LogP contribution in [0, 0.1) is 11.8 Å². The van der Waals surface area contributed by atoms with Crippen LogP contribution in [0.25, 0.3) is 0 Å². The highest BCUT2D eigenvalue weighted by atomic mass is 16.6. The van der Waals surface area contributed by atoms with Crippen molar-refractivity contribution >= 4 is 17.9 Å². The minimum atomic E-state index is -0.761. The van der Waals surface area contributed by atoms with E-state index < -0.39 is 6.10 Å². The predicted octanol–water partition coefficient (Wildman–Crippen LogP) is 16.5. The van der Waals surface area contributed by atoms with Gasteiger partial charge >= 0.3 is 17.9 Å². The van der Waals surface area contributed by atoms with Crippen molar-refractivity contribution in [3.8, 4) is 0 Å². The van der Waals surface area contributed by atoms with E-state index in [1.54, 1.807) is 0 Å². The van der Waals surface area contributed by atoms with Gasteiger partial charge < -0.3 is 14.2 Å². The zero-order chi connectivity index (χ0) is 42.6. The first-order valence-corrected chi connectivity index (χ1v) is 25.7. The van der Waals surface area contributed by atoms with Crippen molar-refractivity contribution in [3.63, 3.8) is 0 Å². The smallest absolute Gasteiger partial charge is 0.306 e. The van der Waals surface area contributed by atoms with Crippen LogP contribution in [0.15, 0.2) is 0 Å². The molecule has 0 aliphatic heterocycles. The minimum Gasteiger partial charge on any atom is -0.462 e. The number of hydrogen-bond donors (Lipinski definition) is 0. The van der Waals surface area contributed by atoms with Crippen LogP contribution in [0.2, 0.25) is 0 Å². The number of unbranched alkanes of at least 4 members (excludes halogenated alkanes) is 31. The highest BCUT2D eigenvalue weighted by molar-refractivity contribution is 5.71. The van der Waals surface area contributed by atoms with Gasteiger partial charge in [-0.15, -0.1) is 0 Å². The molecule has 0 spiro atoms. The second-order valence-corrected chi connectivity index (χ2v) is 18.8. The molecule has 0 aliphatic carbocycles. The normalized spacial score (nSPS) is 12.1. The molecule has 0 heterocycles. The first-order valence-electron chi connectivity index (χ1n) is 25.7. The van der Waals surface area contributed by atoms with Crippen LogP contribution in [0.1, 0.15) is 285 Å². The average molecular weight is 821 g/mol. The van der Waals surface area contributed by atoms with E-state index in [9.17, 15) is 14.4 Å². The molecule has 0 fully saturated rings. The Kier molecular flexibility index (Phi) is 43.7. The molecule has 0 saturated carbocycles. The quantitative estimate of drug-likeness (QED) is 0.0346. The molecule has 0 radical (unpaired) electrons. The Bertz CT molecular complexity index is 885. The predicted molar refractivity (Wildman–Crippen MR) is 247 cm³/mol. The third kappa shape index (κ3) is 45.5. The van der Waals surface area contributed by atoms with Crippen LogP contribution >= 0.6 is 0 Å². The minimum absolute atomic E-state index is 0.0642. The molecule has 0 unspecified atom stereocenters. The number of carbonyl (C=O) groups excluding carboxylic acids is 3. The van der Waals surface area contributed by atoms with Gasteiger partial charge in [0.2, 0.25) is 0 Å². The van der Waals surface area contributed by atoms with Gasteiger partial charge in [-0.1, -0.05) is 247 Å². The van der Waals surface area contributed by atoms with E-state index in [-0.39, 0.29) is 31.1 Å². The molecule has 0 aromatic rings. The molecule has 6 nitrogen and oxygen atoms in total. The first-order chi connectivity index (χ1) is 28.2. The maximum absolute atomic E-state index is 12.8. The molecular formula is C52H100O6. The number of hydrogen-bond acceptors (Lipinski definition) is 6. The summed E-state index contributed by atoms with van der Waals surface area (Å²) in [6.45, 7) is 11.3. The van der Waals surface area contributed by atoms with E-state index in [1.165, 1.54) is 173 Å². The summed E-state index contributed by atoms with van der Waals surface area (Å²) in [6, 6.07) is 0. The SMILES string of the molecule is CCCCCCCCCCCC(=O)OC[C@@H](COC(=O)CCCCCCCCCCCC(C)C)OC(=O)CCCCCCCCCCCCCCCCCCC(C)C. The number of esters is 3. The molecule has 344 valence electrons. The summed E-state index contributed by atoms with van der Waals surface area (Å²) in [6.07, 6.45) is 45.2. The van der Waals surface area contributed by atoms with Crippen molar-refractivity contribution in [2.24, 2.45) is 11.8 Å². The summed E-state index contributed by atoms with van der Waals surface area (Å²) in [5.74, 6) is 0.809. The summed E-state index contributed by atoms with van der Waals surface area (Å²) in [5.41, 5.74) is 0. The standard InChI is InChI=1S/C52H100O6/c1-6-7-8-9-10-20-27-32-37-42-50(53)56-45-49(46-57-51(54)43-38-33-28-24-19-22-26-31-36-41-48(4)5)58-52(55)44-39-34-29-23-18-16-14-12-11-13-15-17-21-25-30-35-40-47(2)3/h47-49H,6-46H2,1-5H3/t49-/m0/s1. The van der Waals surface area contributed by atoms with Gasteiger partial charge in [-0.05, 0) is 31.1 Å². The summed E-state index contributed by atoms with van der Waals surface area (Å²) in [5, 5.41) is 0. The Balaban J connectivity index is 4.24. The fraction of sp³-hybridized carbons (Fsp3) is 0.942. The number of ether oxygens (including phenoxy) is 3. The summed E-state index contributed by atoms with van der Waals surface area (Å²) < 4.78 is 16.8. The van der Waals surface area contributed by atoms with E-state index in [0.29, 0.717) is 19.3 Å². The molecule has 0 aromatic carbocycles. The van der Waals surface area contributed by atoms with Crippen LogP contribution in [0.5, 0.6) is 0 Å². The van der Waals surface area contributed by atoms with E-state index in [0.717, 1.165) is 69.6 Å². The van der Waals surface area contributed by atoms with E-state index >= 15 is 0 Å². The maximum Gasteiger partial charge on any atom is 0.306 e. The summed E-state index contributed by atoms with van der Waals surface area (Å²) in [4.78, 5) is 37.8. The van der Waals surface area contributed by atoms with Gasteiger partial charge in [-0.3, -0.25) is 14.4 Å². The lowest BCUT2D eigenvalue weighted by atomic mass is 10.0. The van der Waals surface area contributed by atoms with Gasteiger partial charge in [-0.25, -0.2) is 0 Å². The lowest BCUT2D eigenvalue weighted by molar-refractivity contribution is -0.167. The Morgan fingerprint density at radius 3 is 0.845 bits per heavy atom. The van der Waals surface area contributed by atoms with Crippen LogP contribution < -0.4 is 0 Å². The molecular weight excluding hydrogens is 721 g/mol. The largest absolute Gasteiger partial charge is 0.462 e. The lowest BCUT2D eigenvalue weighted by Crippen LogP contribution is -2.30. The molecule has 0 rings (SSSR count). The summed E-state index contributed by atoms with van der Waals surface area (Å²) in [7, 11) is 0. The van der Waals surface area contributed by atoms with Crippen LogP contribution in [-0.2, 0) is 28.6 Å². The van der Waals surface area contributed by atoms with Crippen LogP contribution in [-0.4, -0.2) is 37.2 Å². The van der Waals surface area contributed by atoms with Gasteiger partial charge in [0.25, 0.3) is 0 Å². The monoisotopic (exact) mass is 821 g/mol. The highest BCUT2D eigenvalue weighted by Crippen LogP contribution is 2.17. The molecule has 1 atom stereocenters. The second kappa shape index (κ2) is 44.9. The van der Waals surface area contributed by atoms with Gasteiger partial charge in [0, 0.05) is 19.3 Å². The maximum atomic E-state index is 12.8. The van der Waals surface area contributed by atoms with Gasteiger partial charge in [0.1, 0.15) is 13.2 Å². The fourth-order valence-electron chi connectivity index (χ4n) is 7.81. The van der Waals surface area contributed by atoms with Crippen LogP contribution in [0.4, 0.5) is 0 Å². The van der Waals surface area contributed by atoms with E-state index in [2.05, 4.69) is 34.6 Å². The topological polar surface area (TPSA) is 78.9 Å². The first kappa shape index (κ1) is 56.4.